The molecule has 1 aliphatic heterocycles. The van der Waals surface area contributed by atoms with Crippen LogP contribution in [0.3, 0.4) is 0 Å². The molecule has 1 atom stereocenters. The van der Waals surface area contributed by atoms with Crippen molar-refractivity contribution in [3.8, 4) is 0 Å². The van der Waals surface area contributed by atoms with Crippen molar-refractivity contribution in [1.82, 2.24) is 9.80 Å². The van der Waals surface area contributed by atoms with Gasteiger partial charge in [0.2, 0.25) is 0 Å². The van der Waals surface area contributed by atoms with Crippen LogP contribution < -0.4 is 0 Å². The highest BCUT2D eigenvalue weighted by Crippen LogP contribution is 2.05. The van der Waals surface area contributed by atoms with Crippen LogP contribution in [0.5, 0.6) is 0 Å². The molecular weight excluding hydrogens is 140 g/mol. The van der Waals surface area contributed by atoms with Gasteiger partial charge in [-0.2, -0.15) is 0 Å². The minimum atomic E-state index is -0.469. The zero-order valence-electron chi connectivity index (χ0n) is 7.42. The largest absolute Gasteiger partial charge is 0.304 e. The highest BCUT2D eigenvalue weighted by molar-refractivity contribution is 4.70. The van der Waals surface area contributed by atoms with Crippen molar-refractivity contribution in [2.24, 2.45) is 0 Å². The van der Waals surface area contributed by atoms with E-state index in [1.807, 2.05) is 11.8 Å². The number of hydrogen-bond acceptors (Lipinski definition) is 2. The van der Waals surface area contributed by atoms with E-state index >= 15 is 0 Å². The predicted molar refractivity (Wildman–Crippen MR) is 43.8 cm³/mol. The van der Waals surface area contributed by atoms with E-state index in [4.69, 9.17) is 0 Å². The molecule has 0 bridgehead atoms. The molecule has 1 unspecified atom stereocenters. The molecule has 0 aromatic carbocycles. The van der Waals surface area contributed by atoms with Crippen LogP contribution in [0.1, 0.15) is 13.3 Å². The first-order valence-electron chi connectivity index (χ1n) is 4.32. The van der Waals surface area contributed by atoms with E-state index in [9.17, 15) is 5.11 Å². The zero-order chi connectivity index (χ0) is 8.27. The molecule has 1 rings (SSSR count). The molecular formula is C8H17N2O. The lowest BCUT2D eigenvalue weighted by Crippen LogP contribution is -2.48. The molecule has 0 aliphatic carbocycles. The molecule has 1 fully saturated rings. The van der Waals surface area contributed by atoms with E-state index in [1.165, 1.54) is 0 Å². The summed E-state index contributed by atoms with van der Waals surface area (Å²) in [5.41, 5.74) is 0. The fraction of sp³-hybridized carbons (Fsp3) is 1.00. The summed E-state index contributed by atoms with van der Waals surface area (Å²) in [6, 6.07) is 0. The van der Waals surface area contributed by atoms with Gasteiger partial charge in [-0.3, -0.25) is 4.90 Å². The molecule has 1 aliphatic rings. The topological polar surface area (TPSA) is 26.4 Å². The number of hydrogen-bond donors (Lipinski definition) is 0. The van der Waals surface area contributed by atoms with E-state index in [2.05, 4.69) is 11.9 Å². The van der Waals surface area contributed by atoms with Crippen LogP contribution in [0.25, 0.3) is 0 Å². The van der Waals surface area contributed by atoms with Crippen LogP contribution in [-0.4, -0.2) is 49.3 Å². The van der Waals surface area contributed by atoms with Crippen LogP contribution in [0.15, 0.2) is 0 Å². The average Bonchev–Trinajstić information content (AvgIpc) is 2.05. The first-order valence-corrected chi connectivity index (χ1v) is 4.32. The normalized spacial score (nSPS) is 25.4. The van der Waals surface area contributed by atoms with Crippen molar-refractivity contribution in [3.63, 3.8) is 0 Å². The second-order valence-corrected chi connectivity index (χ2v) is 3.20. The third-order valence-corrected chi connectivity index (χ3v) is 2.29. The molecule has 0 aromatic rings. The third kappa shape index (κ3) is 2.43. The van der Waals surface area contributed by atoms with Crippen molar-refractivity contribution < 1.29 is 5.11 Å². The van der Waals surface area contributed by atoms with Crippen molar-refractivity contribution >= 4 is 0 Å². The van der Waals surface area contributed by atoms with Crippen molar-refractivity contribution in [3.05, 3.63) is 0 Å². The Bertz CT molecular complexity index is 111. The van der Waals surface area contributed by atoms with Gasteiger partial charge in [0.25, 0.3) is 0 Å². The molecule has 0 aromatic heterocycles. The van der Waals surface area contributed by atoms with Crippen LogP contribution in [0.2, 0.25) is 0 Å². The van der Waals surface area contributed by atoms with E-state index < -0.39 is 6.23 Å². The van der Waals surface area contributed by atoms with Gasteiger partial charge in [0.1, 0.15) is 6.23 Å². The van der Waals surface area contributed by atoms with Crippen LogP contribution in [0.4, 0.5) is 0 Å². The van der Waals surface area contributed by atoms with E-state index in [0.717, 1.165) is 32.6 Å². The lowest BCUT2D eigenvalue weighted by Gasteiger charge is -2.34. The Morgan fingerprint density at radius 1 is 1.27 bits per heavy atom. The molecule has 1 saturated heterocycles. The molecule has 3 nitrogen and oxygen atoms in total. The maximum atomic E-state index is 11.3. The maximum absolute atomic E-state index is 11.3. The summed E-state index contributed by atoms with van der Waals surface area (Å²) in [5, 5.41) is 11.3. The molecule has 0 spiro atoms. The molecule has 11 heavy (non-hydrogen) atoms. The molecule has 0 saturated carbocycles. The Balaban J connectivity index is 2.27. The summed E-state index contributed by atoms with van der Waals surface area (Å²) in [5.74, 6) is 0. The first kappa shape index (κ1) is 8.97. The number of likely N-dealkylation sites (N-methyl/N-ethyl adjacent to an activating group) is 1. The molecule has 0 amide bonds. The Morgan fingerprint density at radius 2 is 1.82 bits per heavy atom. The molecule has 1 heterocycles. The smallest absolute Gasteiger partial charge is 0.146 e. The lowest BCUT2D eigenvalue weighted by atomic mass is 10.3. The number of piperazine rings is 1. The van der Waals surface area contributed by atoms with E-state index in [1.54, 1.807) is 0 Å². The van der Waals surface area contributed by atoms with E-state index in [-0.39, 0.29) is 0 Å². The standard InChI is InChI=1S/C8H17N2O/c1-3-8(11)10-6-4-9(2)5-7-10/h8H,3-7H2,1-2H3. The van der Waals surface area contributed by atoms with Crippen LogP contribution in [0, 0.1) is 0 Å². The summed E-state index contributed by atoms with van der Waals surface area (Å²) in [6.45, 7) is 5.92. The van der Waals surface area contributed by atoms with Gasteiger partial charge in [0.15, 0.2) is 0 Å². The van der Waals surface area contributed by atoms with Crippen LogP contribution in [-0.2, 0) is 5.11 Å². The minimum Gasteiger partial charge on any atom is -0.304 e. The van der Waals surface area contributed by atoms with Gasteiger partial charge >= 0.3 is 0 Å². The van der Waals surface area contributed by atoms with Gasteiger partial charge < -0.3 is 4.90 Å². The Kier molecular flexibility index (Phi) is 3.30. The minimum absolute atomic E-state index is 0.469. The summed E-state index contributed by atoms with van der Waals surface area (Å²) in [6.07, 6.45) is 0.257. The lowest BCUT2D eigenvalue weighted by molar-refractivity contribution is -0.0670. The molecule has 0 N–H and O–H groups in total. The zero-order valence-corrected chi connectivity index (χ0v) is 7.42. The fourth-order valence-corrected chi connectivity index (χ4v) is 1.37. The fourth-order valence-electron chi connectivity index (χ4n) is 1.37. The predicted octanol–water partition coefficient (Wildman–Crippen LogP) is 0.400. The Labute approximate surface area is 68.6 Å². The van der Waals surface area contributed by atoms with Crippen molar-refractivity contribution in [2.45, 2.75) is 19.6 Å². The maximum Gasteiger partial charge on any atom is 0.146 e. The van der Waals surface area contributed by atoms with Gasteiger partial charge in [-0.15, -0.1) is 0 Å². The Hall–Kier alpha value is -0.120. The molecule has 3 heteroatoms. The Morgan fingerprint density at radius 3 is 2.27 bits per heavy atom. The SMILES string of the molecule is CCC([O])N1CCN(C)CC1. The molecule has 1 radical (unpaired) electrons. The third-order valence-electron chi connectivity index (χ3n) is 2.29. The second kappa shape index (κ2) is 4.04. The van der Waals surface area contributed by atoms with Gasteiger partial charge in [-0.05, 0) is 13.5 Å². The first-order chi connectivity index (χ1) is 5.24. The highest BCUT2D eigenvalue weighted by Gasteiger charge is 2.19. The number of nitrogens with zero attached hydrogens (tertiary/aromatic N) is 2. The average molecular weight is 157 g/mol. The van der Waals surface area contributed by atoms with E-state index in [0.29, 0.717) is 0 Å². The monoisotopic (exact) mass is 157 g/mol. The van der Waals surface area contributed by atoms with Crippen molar-refractivity contribution in [1.29, 1.82) is 0 Å². The van der Waals surface area contributed by atoms with Gasteiger partial charge in [0.05, 0.1) is 0 Å². The summed E-state index contributed by atoms with van der Waals surface area (Å²) in [7, 11) is 2.10. The summed E-state index contributed by atoms with van der Waals surface area (Å²) >= 11 is 0. The number of rotatable bonds is 2. The summed E-state index contributed by atoms with van der Waals surface area (Å²) < 4.78 is 0. The molecule has 65 valence electrons. The van der Waals surface area contributed by atoms with Gasteiger partial charge in [-0.25, -0.2) is 5.11 Å². The van der Waals surface area contributed by atoms with Gasteiger partial charge in [0, 0.05) is 26.2 Å². The highest BCUT2D eigenvalue weighted by atomic mass is 16.3. The van der Waals surface area contributed by atoms with Crippen LogP contribution >= 0.6 is 0 Å². The summed E-state index contributed by atoms with van der Waals surface area (Å²) in [4.78, 5) is 4.29. The van der Waals surface area contributed by atoms with Gasteiger partial charge in [-0.1, -0.05) is 6.92 Å². The quantitative estimate of drug-likeness (QED) is 0.580. The van der Waals surface area contributed by atoms with Crippen molar-refractivity contribution in [2.75, 3.05) is 33.2 Å². The second-order valence-electron chi connectivity index (χ2n) is 3.20.